The smallest absolute Gasteiger partial charge is 0.304 e. The van der Waals surface area contributed by atoms with E-state index in [4.69, 9.17) is 28.3 Å². The molecule has 16 heavy (non-hydrogen) atoms. The van der Waals surface area contributed by atoms with Crippen molar-refractivity contribution in [3.8, 4) is 0 Å². The van der Waals surface area contributed by atoms with Crippen LogP contribution in [-0.2, 0) is 11.3 Å². The quantitative estimate of drug-likeness (QED) is 0.636. The summed E-state index contributed by atoms with van der Waals surface area (Å²) in [6, 6.07) is 2.74. The number of benzene rings is 1. The van der Waals surface area contributed by atoms with Crippen molar-refractivity contribution in [1.29, 1.82) is 0 Å². The molecule has 1 aromatic carbocycles. The van der Waals surface area contributed by atoms with Gasteiger partial charge in [0, 0.05) is 13.1 Å². The summed E-state index contributed by atoms with van der Waals surface area (Å²) in [6.07, 6.45) is 0.0204. The van der Waals surface area contributed by atoms with Gasteiger partial charge in [-0.15, -0.1) is 0 Å². The standard InChI is InChI=1S/C10H10Cl2FNO2/c11-9-6(1-2-7(13)10(9)12)5-14-4-3-8(15)16/h1-2,14H,3-5H2,(H,15,16). The van der Waals surface area contributed by atoms with Crippen LogP contribution in [0.4, 0.5) is 4.39 Å². The van der Waals surface area contributed by atoms with Crippen LogP contribution in [0.2, 0.25) is 10.0 Å². The molecule has 0 unspecified atom stereocenters. The fourth-order valence-electron chi connectivity index (χ4n) is 1.12. The van der Waals surface area contributed by atoms with Gasteiger partial charge in [0.1, 0.15) is 5.82 Å². The minimum atomic E-state index is -0.879. The van der Waals surface area contributed by atoms with Crippen LogP contribution in [-0.4, -0.2) is 17.6 Å². The molecule has 0 aliphatic rings. The molecule has 0 saturated heterocycles. The molecule has 1 aromatic rings. The van der Waals surface area contributed by atoms with Crippen molar-refractivity contribution in [2.45, 2.75) is 13.0 Å². The number of carbonyl (C=O) groups is 1. The van der Waals surface area contributed by atoms with Crippen LogP contribution < -0.4 is 5.32 Å². The molecule has 0 aliphatic carbocycles. The van der Waals surface area contributed by atoms with Crippen LogP contribution in [0.25, 0.3) is 0 Å². The van der Waals surface area contributed by atoms with Gasteiger partial charge in [0.15, 0.2) is 0 Å². The lowest BCUT2D eigenvalue weighted by molar-refractivity contribution is -0.136. The van der Waals surface area contributed by atoms with Crippen molar-refractivity contribution < 1.29 is 14.3 Å². The summed E-state index contributed by atoms with van der Waals surface area (Å²) in [5.74, 6) is -1.45. The number of aliphatic carboxylic acids is 1. The summed E-state index contributed by atoms with van der Waals surface area (Å²) in [5.41, 5.74) is 0.637. The second-order valence-electron chi connectivity index (χ2n) is 3.15. The molecular formula is C10H10Cl2FNO2. The lowest BCUT2D eigenvalue weighted by Gasteiger charge is -2.07. The average Bonchev–Trinajstić information content (AvgIpc) is 2.23. The molecular weight excluding hydrogens is 256 g/mol. The zero-order valence-electron chi connectivity index (χ0n) is 8.27. The molecule has 0 spiro atoms. The number of rotatable bonds is 5. The third-order valence-electron chi connectivity index (χ3n) is 1.95. The largest absolute Gasteiger partial charge is 0.481 e. The highest BCUT2D eigenvalue weighted by Gasteiger charge is 2.09. The van der Waals surface area contributed by atoms with E-state index < -0.39 is 11.8 Å². The van der Waals surface area contributed by atoms with E-state index in [1.165, 1.54) is 12.1 Å². The minimum Gasteiger partial charge on any atom is -0.481 e. The molecule has 3 nitrogen and oxygen atoms in total. The average molecular weight is 266 g/mol. The molecule has 88 valence electrons. The van der Waals surface area contributed by atoms with Crippen LogP contribution >= 0.6 is 23.2 Å². The minimum absolute atomic E-state index is 0.0204. The van der Waals surface area contributed by atoms with Gasteiger partial charge in [0.2, 0.25) is 0 Å². The van der Waals surface area contributed by atoms with Crippen LogP contribution in [0.15, 0.2) is 12.1 Å². The second-order valence-corrected chi connectivity index (χ2v) is 3.91. The highest BCUT2D eigenvalue weighted by atomic mass is 35.5. The SMILES string of the molecule is O=C(O)CCNCc1ccc(F)c(Cl)c1Cl. The fraction of sp³-hybridized carbons (Fsp3) is 0.300. The first kappa shape index (κ1) is 13.2. The van der Waals surface area contributed by atoms with Gasteiger partial charge in [-0.3, -0.25) is 4.79 Å². The first-order valence-corrected chi connectivity index (χ1v) is 5.33. The monoisotopic (exact) mass is 265 g/mol. The van der Waals surface area contributed by atoms with E-state index in [0.717, 1.165) is 0 Å². The third kappa shape index (κ3) is 3.63. The van der Waals surface area contributed by atoms with Crippen molar-refractivity contribution >= 4 is 29.2 Å². The number of hydrogen-bond acceptors (Lipinski definition) is 2. The Kier molecular flexibility index (Phi) is 4.99. The Balaban J connectivity index is 2.55. The van der Waals surface area contributed by atoms with E-state index in [1.54, 1.807) is 0 Å². The molecule has 6 heteroatoms. The highest BCUT2D eigenvalue weighted by Crippen LogP contribution is 2.28. The normalized spacial score (nSPS) is 10.4. The van der Waals surface area contributed by atoms with Crippen LogP contribution in [0.3, 0.4) is 0 Å². The maximum Gasteiger partial charge on any atom is 0.304 e. The van der Waals surface area contributed by atoms with Crippen molar-refractivity contribution in [3.63, 3.8) is 0 Å². The molecule has 0 aromatic heterocycles. The Morgan fingerprint density at radius 2 is 2.06 bits per heavy atom. The van der Waals surface area contributed by atoms with Crippen molar-refractivity contribution in [2.24, 2.45) is 0 Å². The number of halogens is 3. The van der Waals surface area contributed by atoms with E-state index in [-0.39, 0.29) is 16.5 Å². The third-order valence-corrected chi connectivity index (χ3v) is 2.84. The molecule has 0 fully saturated rings. The zero-order chi connectivity index (χ0) is 12.1. The van der Waals surface area contributed by atoms with Gasteiger partial charge in [-0.2, -0.15) is 0 Å². The Morgan fingerprint density at radius 1 is 1.38 bits per heavy atom. The molecule has 0 heterocycles. The molecule has 0 aliphatic heterocycles. The number of carboxylic acids is 1. The lowest BCUT2D eigenvalue weighted by Crippen LogP contribution is -2.17. The van der Waals surface area contributed by atoms with E-state index in [0.29, 0.717) is 18.7 Å². The van der Waals surface area contributed by atoms with Gasteiger partial charge in [-0.25, -0.2) is 4.39 Å². The first-order valence-electron chi connectivity index (χ1n) is 4.57. The highest BCUT2D eigenvalue weighted by molar-refractivity contribution is 6.42. The second kappa shape index (κ2) is 6.03. The van der Waals surface area contributed by atoms with Crippen molar-refractivity contribution in [2.75, 3.05) is 6.54 Å². The van der Waals surface area contributed by atoms with Gasteiger partial charge in [-0.1, -0.05) is 29.3 Å². The molecule has 2 N–H and O–H groups in total. The number of hydrogen-bond donors (Lipinski definition) is 2. The van der Waals surface area contributed by atoms with Gasteiger partial charge in [-0.05, 0) is 11.6 Å². The van der Waals surface area contributed by atoms with Crippen molar-refractivity contribution in [1.82, 2.24) is 5.32 Å². The molecule has 0 amide bonds. The Labute approximate surface area is 102 Å². The van der Waals surface area contributed by atoms with E-state index in [9.17, 15) is 9.18 Å². The summed E-state index contributed by atoms with van der Waals surface area (Å²) in [4.78, 5) is 10.2. The molecule has 0 saturated carbocycles. The summed E-state index contributed by atoms with van der Waals surface area (Å²) in [6.45, 7) is 0.673. The predicted molar refractivity (Wildman–Crippen MR) is 60.4 cm³/mol. The van der Waals surface area contributed by atoms with Crippen LogP contribution in [0.1, 0.15) is 12.0 Å². The zero-order valence-corrected chi connectivity index (χ0v) is 9.78. The van der Waals surface area contributed by atoms with Gasteiger partial charge in [0.05, 0.1) is 16.5 Å². The first-order chi connectivity index (χ1) is 7.52. The van der Waals surface area contributed by atoms with Gasteiger partial charge >= 0.3 is 5.97 Å². The molecule has 0 atom stereocenters. The number of carboxylic acid groups (broad SMARTS) is 1. The van der Waals surface area contributed by atoms with Gasteiger partial charge < -0.3 is 10.4 Å². The Hall–Kier alpha value is -0.840. The Bertz CT molecular complexity index is 399. The maximum absolute atomic E-state index is 12.9. The molecule has 0 bridgehead atoms. The lowest BCUT2D eigenvalue weighted by atomic mass is 10.2. The maximum atomic E-state index is 12.9. The summed E-state index contributed by atoms with van der Waals surface area (Å²) in [7, 11) is 0. The topological polar surface area (TPSA) is 49.3 Å². The van der Waals surface area contributed by atoms with E-state index in [2.05, 4.69) is 5.32 Å². The van der Waals surface area contributed by atoms with Crippen LogP contribution in [0, 0.1) is 5.82 Å². The fourth-order valence-corrected chi connectivity index (χ4v) is 1.53. The van der Waals surface area contributed by atoms with Crippen LogP contribution in [0.5, 0.6) is 0 Å². The number of nitrogens with one attached hydrogen (secondary N) is 1. The Morgan fingerprint density at radius 3 is 2.69 bits per heavy atom. The molecule has 1 rings (SSSR count). The summed E-state index contributed by atoms with van der Waals surface area (Å²) in [5, 5.41) is 11.3. The molecule has 0 radical (unpaired) electrons. The van der Waals surface area contributed by atoms with Gasteiger partial charge in [0.25, 0.3) is 0 Å². The van der Waals surface area contributed by atoms with E-state index >= 15 is 0 Å². The summed E-state index contributed by atoms with van der Waals surface area (Å²) < 4.78 is 12.9. The summed E-state index contributed by atoms with van der Waals surface area (Å²) >= 11 is 11.4. The van der Waals surface area contributed by atoms with E-state index in [1.807, 2.05) is 0 Å². The predicted octanol–water partition coefficient (Wildman–Crippen LogP) is 2.70. The van der Waals surface area contributed by atoms with Crippen molar-refractivity contribution in [3.05, 3.63) is 33.6 Å².